The van der Waals surface area contributed by atoms with Gasteiger partial charge in [-0.05, 0) is 55.3 Å². The van der Waals surface area contributed by atoms with Crippen LogP contribution in [0.25, 0.3) is 0 Å². The van der Waals surface area contributed by atoms with Crippen LogP contribution in [0.5, 0.6) is 5.75 Å². The Morgan fingerprint density at radius 2 is 1.89 bits per heavy atom. The number of carbonyl (C=O) groups excluding carboxylic acids is 1. The summed E-state index contributed by atoms with van der Waals surface area (Å²) in [5.41, 5.74) is 1.04. The molecule has 0 bridgehead atoms. The molecular weight excluding hydrogens is 404 g/mol. The largest absolute Gasteiger partial charge is 0.495 e. The predicted octanol–water partition coefficient (Wildman–Crippen LogP) is 2.35. The van der Waals surface area contributed by atoms with Crippen molar-refractivity contribution in [3.05, 3.63) is 53.1 Å². The Labute approximate surface area is 169 Å². The van der Waals surface area contributed by atoms with Gasteiger partial charge in [0.05, 0.1) is 12.8 Å². The van der Waals surface area contributed by atoms with Crippen LogP contribution in [-0.2, 0) is 14.8 Å². The lowest BCUT2D eigenvalue weighted by Gasteiger charge is -2.25. The van der Waals surface area contributed by atoms with Crippen LogP contribution in [0.4, 0.5) is 5.69 Å². The highest BCUT2D eigenvalue weighted by molar-refractivity contribution is 7.93. The van der Waals surface area contributed by atoms with Gasteiger partial charge in [0, 0.05) is 18.2 Å². The van der Waals surface area contributed by atoms with Crippen molar-refractivity contribution in [3.63, 3.8) is 0 Å². The number of aliphatic hydroxyl groups is 1. The molecular formula is C19H23ClN2O5S. The second kappa shape index (κ2) is 9.77. The van der Waals surface area contributed by atoms with Gasteiger partial charge >= 0.3 is 0 Å². The molecule has 0 aliphatic rings. The van der Waals surface area contributed by atoms with E-state index in [2.05, 4.69) is 5.32 Å². The van der Waals surface area contributed by atoms with Gasteiger partial charge in [-0.1, -0.05) is 17.7 Å². The van der Waals surface area contributed by atoms with Gasteiger partial charge in [-0.15, -0.1) is 0 Å². The van der Waals surface area contributed by atoms with Crippen LogP contribution in [-0.4, -0.2) is 46.2 Å². The summed E-state index contributed by atoms with van der Waals surface area (Å²) in [5.74, 6) is -0.302. The monoisotopic (exact) mass is 426 g/mol. The molecule has 28 heavy (non-hydrogen) atoms. The van der Waals surface area contributed by atoms with E-state index in [1.807, 2.05) is 0 Å². The molecule has 0 aromatic heterocycles. The van der Waals surface area contributed by atoms with E-state index in [-0.39, 0.29) is 23.8 Å². The summed E-state index contributed by atoms with van der Waals surface area (Å²) >= 11 is 5.92. The third-order valence-corrected chi connectivity index (χ3v) is 5.99. The van der Waals surface area contributed by atoms with Crippen molar-refractivity contribution >= 4 is 33.2 Å². The first kappa shape index (κ1) is 22.0. The average Bonchev–Trinajstić information content (AvgIpc) is 2.67. The first-order chi connectivity index (χ1) is 13.3. The number of nitrogens with one attached hydrogen (secondary N) is 1. The van der Waals surface area contributed by atoms with Crippen molar-refractivity contribution < 1.29 is 23.1 Å². The van der Waals surface area contributed by atoms with E-state index >= 15 is 0 Å². The summed E-state index contributed by atoms with van der Waals surface area (Å²) in [6, 6.07) is 11.0. The molecule has 0 saturated heterocycles. The SMILES string of the molecule is COc1ccc(C)cc1S(=O)(=O)N(CC(=O)NCCCO)c1ccc(Cl)cc1. The smallest absolute Gasteiger partial charge is 0.268 e. The van der Waals surface area contributed by atoms with Crippen LogP contribution in [0.3, 0.4) is 0 Å². The molecule has 2 aromatic rings. The van der Waals surface area contributed by atoms with Crippen molar-refractivity contribution in [1.82, 2.24) is 5.32 Å². The minimum absolute atomic E-state index is 0.0342. The molecule has 2 rings (SSSR count). The Kier molecular flexibility index (Phi) is 7.68. The van der Waals surface area contributed by atoms with Gasteiger partial charge in [0.2, 0.25) is 5.91 Å². The second-order valence-electron chi connectivity index (χ2n) is 6.07. The number of carbonyl (C=O) groups is 1. The molecule has 0 radical (unpaired) electrons. The van der Waals surface area contributed by atoms with Crippen LogP contribution in [0.15, 0.2) is 47.4 Å². The normalized spacial score (nSPS) is 11.1. The third kappa shape index (κ3) is 5.37. The van der Waals surface area contributed by atoms with Crippen LogP contribution >= 0.6 is 11.6 Å². The molecule has 0 unspecified atom stereocenters. The van der Waals surface area contributed by atoms with E-state index in [9.17, 15) is 13.2 Å². The molecule has 0 fully saturated rings. The summed E-state index contributed by atoms with van der Waals surface area (Å²) < 4.78 is 33.0. The van der Waals surface area contributed by atoms with Crippen LogP contribution in [0.2, 0.25) is 5.02 Å². The number of benzene rings is 2. The van der Waals surface area contributed by atoms with E-state index in [1.165, 1.54) is 25.3 Å². The topological polar surface area (TPSA) is 95.9 Å². The number of anilines is 1. The maximum absolute atomic E-state index is 13.4. The zero-order valence-corrected chi connectivity index (χ0v) is 17.3. The number of sulfonamides is 1. The first-order valence-corrected chi connectivity index (χ1v) is 10.4. The number of hydrogen-bond acceptors (Lipinski definition) is 5. The minimum atomic E-state index is -4.10. The highest BCUT2D eigenvalue weighted by atomic mass is 35.5. The molecule has 0 aliphatic heterocycles. The van der Waals surface area contributed by atoms with Crippen molar-refractivity contribution in [1.29, 1.82) is 0 Å². The summed E-state index contributed by atoms with van der Waals surface area (Å²) in [6.45, 7) is 1.52. The molecule has 0 heterocycles. The number of hydrogen-bond donors (Lipinski definition) is 2. The zero-order valence-electron chi connectivity index (χ0n) is 15.7. The summed E-state index contributed by atoms with van der Waals surface area (Å²) in [6.07, 6.45) is 0.380. The lowest BCUT2D eigenvalue weighted by Crippen LogP contribution is -2.41. The maximum Gasteiger partial charge on any atom is 0.268 e. The van der Waals surface area contributed by atoms with E-state index < -0.39 is 22.5 Å². The quantitative estimate of drug-likeness (QED) is 0.600. The number of halogens is 1. The van der Waals surface area contributed by atoms with Gasteiger partial charge in [0.25, 0.3) is 10.0 Å². The molecule has 0 spiro atoms. The number of rotatable bonds is 9. The fourth-order valence-corrected chi connectivity index (χ4v) is 4.31. The molecule has 152 valence electrons. The lowest BCUT2D eigenvalue weighted by atomic mass is 10.2. The van der Waals surface area contributed by atoms with Gasteiger partial charge in [-0.25, -0.2) is 8.42 Å². The Bertz CT molecular complexity index is 916. The predicted molar refractivity (Wildman–Crippen MR) is 108 cm³/mol. The number of methoxy groups -OCH3 is 1. The maximum atomic E-state index is 13.4. The lowest BCUT2D eigenvalue weighted by molar-refractivity contribution is -0.119. The van der Waals surface area contributed by atoms with E-state index in [1.54, 1.807) is 31.2 Å². The van der Waals surface area contributed by atoms with Crippen LogP contribution in [0, 0.1) is 6.92 Å². The summed E-state index contributed by atoms with van der Waals surface area (Å²) in [7, 11) is -2.72. The number of nitrogens with zero attached hydrogens (tertiary/aromatic N) is 1. The Balaban J connectivity index is 2.46. The number of amides is 1. The van der Waals surface area contributed by atoms with Gasteiger partial charge in [-0.3, -0.25) is 9.10 Å². The fraction of sp³-hybridized carbons (Fsp3) is 0.316. The Morgan fingerprint density at radius 3 is 2.50 bits per heavy atom. The van der Waals surface area contributed by atoms with Crippen LogP contribution < -0.4 is 14.4 Å². The molecule has 0 atom stereocenters. The number of ether oxygens (including phenoxy) is 1. The van der Waals surface area contributed by atoms with Gasteiger partial charge < -0.3 is 15.2 Å². The molecule has 0 aliphatic carbocycles. The van der Waals surface area contributed by atoms with Gasteiger partial charge in [0.1, 0.15) is 17.2 Å². The highest BCUT2D eigenvalue weighted by Gasteiger charge is 2.30. The Hall–Kier alpha value is -2.29. The second-order valence-corrected chi connectivity index (χ2v) is 8.34. The van der Waals surface area contributed by atoms with E-state index in [0.29, 0.717) is 17.1 Å². The summed E-state index contributed by atoms with van der Waals surface area (Å²) in [5, 5.41) is 11.9. The standard InChI is InChI=1S/C19H23ClN2O5S/c1-14-4-9-17(27-2)18(12-14)28(25,26)22(13-19(24)21-10-3-11-23)16-7-5-15(20)6-8-16/h4-9,12,23H,3,10-11,13H2,1-2H3,(H,21,24). The molecule has 9 heteroatoms. The third-order valence-electron chi connectivity index (χ3n) is 3.95. The van der Waals surface area contributed by atoms with Crippen LogP contribution in [0.1, 0.15) is 12.0 Å². The van der Waals surface area contributed by atoms with Crippen molar-refractivity contribution in [2.45, 2.75) is 18.2 Å². The summed E-state index contributed by atoms with van der Waals surface area (Å²) in [4.78, 5) is 12.3. The molecule has 2 N–H and O–H groups in total. The van der Waals surface area contributed by atoms with E-state index in [4.69, 9.17) is 21.4 Å². The molecule has 7 nitrogen and oxygen atoms in total. The Morgan fingerprint density at radius 1 is 1.21 bits per heavy atom. The number of aliphatic hydroxyl groups excluding tert-OH is 1. The molecule has 0 saturated carbocycles. The van der Waals surface area contributed by atoms with Crippen molar-refractivity contribution in [2.24, 2.45) is 0 Å². The molecule has 1 amide bonds. The van der Waals surface area contributed by atoms with Crippen molar-refractivity contribution in [3.8, 4) is 5.75 Å². The minimum Gasteiger partial charge on any atom is -0.495 e. The molecule has 2 aromatic carbocycles. The first-order valence-electron chi connectivity index (χ1n) is 8.60. The van der Waals surface area contributed by atoms with Gasteiger partial charge in [-0.2, -0.15) is 0 Å². The average molecular weight is 427 g/mol. The highest BCUT2D eigenvalue weighted by Crippen LogP contribution is 2.31. The fourth-order valence-electron chi connectivity index (χ4n) is 2.52. The van der Waals surface area contributed by atoms with Crippen molar-refractivity contribution in [2.75, 3.05) is 31.1 Å². The van der Waals surface area contributed by atoms with Gasteiger partial charge in [0.15, 0.2) is 0 Å². The zero-order chi connectivity index (χ0) is 20.7. The van der Waals surface area contributed by atoms with E-state index in [0.717, 1.165) is 9.87 Å². The number of aryl methyl sites for hydroxylation is 1.